The Morgan fingerprint density at radius 3 is 2.29 bits per heavy atom. The summed E-state index contributed by atoms with van der Waals surface area (Å²) in [6.07, 6.45) is 3.43. The molecular formula is C15H21ClN2O2S. The molecule has 1 saturated carbocycles. The van der Waals surface area contributed by atoms with Crippen LogP contribution in [0.1, 0.15) is 31.2 Å². The number of nitrogens with one attached hydrogen (secondary N) is 1. The first-order chi connectivity index (χ1) is 10.0. The molecule has 4 nitrogen and oxygen atoms in total. The Kier molecular flexibility index (Phi) is 4.54. The maximum atomic E-state index is 11.9. The average Bonchev–Trinajstić information content (AvgIpc) is 3.28. The van der Waals surface area contributed by atoms with Crippen molar-refractivity contribution >= 4 is 21.6 Å². The number of hydrogen-bond acceptors (Lipinski definition) is 3. The van der Waals surface area contributed by atoms with E-state index in [0.717, 1.165) is 50.3 Å². The molecule has 0 unspecified atom stereocenters. The van der Waals surface area contributed by atoms with Gasteiger partial charge in [0, 0.05) is 30.7 Å². The second-order valence-corrected chi connectivity index (χ2v) is 8.47. The predicted molar refractivity (Wildman–Crippen MR) is 84.8 cm³/mol. The van der Waals surface area contributed by atoms with Gasteiger partial charge in [-0.3, -0.25) is 4.90 Å². The highest BCUT2D eigenvalue weighted by Crippen LogP contribution is 2.28. The summed E-state index contributed by atoms with van der Waals surface area (Å²) in [5.74, 6) is 0. The van der Waals surface area contributed by atoms with E-state index in [1.165, 1.54) is 5.56 Å². The van der Waals surface area contributed by atoms with E-state index in [1.807, 2.05) is 24.3 Å². The normalized spacial score (nSPS) is 21.6. The maximum absolute atomic E-state index is 11.9. The molecule has 1 N–H and O–H groups in total. The standard InChI is InChI=1S/C15H21ClN2O2S/c16-13-3-1-12(2-4-13)11-18-9-7-14(8-10-18)17-21(19,20)15-5-6-15/h1-4,14-15,17H,5-11H2. The molecule has 1 aliphatic carbocycles. The van der Waals surface area contributed by atoms with Crippen molar-refractivity contribution in [2.24, 2.45) is 0 Å². The van der Waals surface area contributed by atoms with Gasteiger partial charge in [0.15, 0.2) is 0 Å². The number of sulfonamides is 1. The van der Waals surface area contributed by atoms with Crippen LogP contribution >= 0.6 is 11.6 Å². The van der Waals surface area contributed by atoms with Gasteiger partial charge in [-0.05, 0) is 43.4 Å². The van der Waals surface area contributed by atoms with Crippen LogP contribution in [0.25, 0.3) is 0 Å². The first-order valence-electron chi connectivity index (χ1n) is 7.51. The predicted octanol–water partition coefficient (Wildman–Crippen LogP) is 2.39. The summed E-state index contributed by atoms with van der Waals surface area (Å²) in [5.41, 5.74) is 1.25. The molecule has 0 atom stereocenters. The van der Waals surface area contributed by atoms with Gasteiger partial charge in [0.1, 0.15) is 0 Å². The molecule has 0 spiro atoms. The quantitative estimate of drug-likeness (QED) is 0.903. The number of likely N-dealkylation sites (tertiary alicyclic amines) is 1. The van der Waals surface area contributed by atoms with Crippen LogP contribution < -0.4 is 4.72 Å². The van der Waals surface area contributed by atoms with Gasteiger partial charge in [-0.15, -0.1) is 0 Å². The fourth-order valence-electron chi connectivity index (χ4n) is 2.76. The largest absolute Gasteiger partial charge is 0.299 e. The number of rotatable bonds is 5. The van der Waals surface area contributed by atoms with Crippen molar-refractivity contribution < 1.29 is 8.42 Å². The van der Waals surface area contributed by atoms with Crippen molar-refractivity contribution in [2.45, 2.75) is 43.5 Å². The smallest absolute Gasteiger partial charge is 0.214 e. The van der Waals surface area contributed by atoms with Gasteiger partial charge in [-0.25, -0.2) is 13.1 Å². The number of piperidine rings is 1. The SMILES string of the molecule is O=S(=O)(NC1CCN(Cc2ccc(Cl)cc2)CC1)C1CC1. The Hall–Kier alpha value is -0.620. The molecule has 0 amide bonds. The van der Waals surface area contributed by atoms with Gasteiger partial charge < -0.3 is 0 Å². The molecule has 0 bridgehead atoms. The van der Waals surface area contributed by atoms with Crippen LogP contribution in [0, 0.1) is 0 Å². The monoisotopic (exact) mass is 328 g/mol. The third-order valence-corrected chi connectivity index (χ3v) is 6.46. The number of hydrogen-bond donors (Lipinski definition) is 1. The minimum absolute atomic E-state index is 0.108. The second-order valence-electron chi connectivity index (χ2n) is 6.04. The van der Waals surface area contributed by atoms with Gasteiger partial charge in [0.05, 0.1) is 5.25 Å². The zero-order valence-electron chi connectivity index (χ0n) is 12.0. The second kappa shape index (κ2) is 6.24. The van der Waals surface area contributed by atoms with Gasteiger partial charge >= 0.3 is 0 Å². The number of benzene rings is 1. The Labute approximate surface area is 131 Å². The molecule has 1 heterocycles. The van der Waals surface area contributed by atoms with Crippen molar-refractivity contribution in [1.82, 2.24) is 9.62 Å². The van der Waals surface area contributed by atoms with Crippen molar-refractivity contribution in [1.29, 1.82) is 0 Å². The van der Waals surface area contributed by atoms with Crippen LogP contribution in [0.2, 0.25) is 5.02 Å². The Morgan fingerprint density at radius 1 is 1.10 bits per heavy atom. The molecule has 6 heteroatoms. The molecule has 1 aliphatic heterocycles. The highest BCUT2D eigenvalue weighted by Gasteiger charge is 2.37. The van der Waals surface area contributed by atoms with Gasteiger partial charge in [0.2, 0.25) is 10.0 Å². The van der Waals surface area contributed by atoms with Crippen molar-refractivity contribution in [3.63, 3.8) is 0 Å². The molecule has 0 aromatic heterocycles. The minimum Gasteiger partial charge on any atom is -0.299 e. The van der Waals surface area contributed by atoms with Crippen LogP contribution in [-0.4, -0.2) is 37.7 Å². The Bertz CT molecular complexity index is 576. The zero-order valence-corrected chi connectivity index (χ0v) is 13.5. The number of halogens is 1. The molecule has 1 aromatic rings. The first kappa shape index (κ1) is 15.3. The van der Waals surface area contributed by atoms with Crippen molar-refractivity contribution in [3.8, 4) is 0 Å². The molecule has 3 rings (SSSR count). The van der Waals surface area contributed by atoms with Gasteiger partial charge in [-0.2, -0.15) is 0 Å². The van der Waals surface area contributed by atoms with Crippen molar-refractivity contribution in [2.75, 3.05) is 13.1 Å². The van der Waals surface area contributed by atoms with Crippen LogP contribution in [0.15, 0.2) is 24.3 Å². The summed E-state index contributed by atoms with van der Waals surface area (Å²) in [7, 11) is -3.05. The van der Waals surface area contributed by atoms with Crippen LogP contribution in [-0.2, 0) is 16.6 Å². The molecule has 0 radical (unpaired) electrons. The zero-order chi connectivity index (χ0) is 14.9. The molecule has 21 heavy (non-hydrogen) atoms. The van der Waals surface area contributed by atoms with E-state index in [2.05, 4.69) is 9.62 Å². The third-order valence-electron chi connectivity index (χ3n) is 4.20. The number of nitrogens with zero attached hydrogens (tertiary/aromatic N) is 1. The van der Waals surface area contributed by atoms with E-state index in [0.29, 0.717) is 0 Å². The first-order valence-corrected chi connectivity index (χ1v) is 9.43. The lowest BCUT2D eigenvalue weighted by Crippen LogP contribution is -2.45. The van der Waals surface area contributed by atoms with E-state index < -0.39 is 10.0 Å². The summed E-state index contributed by atoms with van der Waals surface area (Å²) in [6.45, 7) is 2.76. The lowest BCUT2D eigenvalue weighted by Gasteiger charge is -2.32. The fraction of sp³-hybridized carbons (Fsp3) is 0.600. The summed E-state index contributed by atoms with van der Waals surface area (Å²) < 4.78 is 26.7. The molecular weight excluding hydrogens is 308 g/mol. The van der Waals surface area contributed by atoms with Gasteiger partial charge in [-0.1, -0.05) is 23.7 Å². The van der Waals surface area contributed by atoms with E-state index in [-0.39, 0.29) is 11.3 Å². The molecule has 2 fully saturated rings. The average molecular weight is 329 g/mol. The maximum Gasteiger partial charge on any atom is 0.214 e. The van der Waals surface area contributed by atoms with Crippen LogP contribution in [0.5, 0.6) is 0 Å². The fourth-order valence-corrected chi connectivity index (χ4v) is 4.54. The molecule has 1 aromatic carbocycles. The molecule has 2 aliphatic rings. The summed E-state index contributed by atoms with van der Waals surface area (Å²) in [6, 6.07) is 8.02. The molecule has 116 valence electrons. The van der Waals surface area contributed by atoms with E-state index in [4.69, 9.17) is 11.6 Å². The van der Waals surface area contributed by atoms with Crippen LogP contribution in [0.3, 0.4) is 0 Å². The Balaban J connectivity index is 1.47. The van der Waals surface area contributed by atoms with Crippen LogP contribution in [0.4, 0.5) is 0 Å². The molecule has 1 saturated heterocycles. The van der Waals surface area contributed by atoms with Gasteiger partial charge in [0.25, 0.3) is 0 Å². The Morgan fingerprint density at radius 2 is 1.71 bits per heavy atom. The van der Waals surface area contributed by atoms with Crippen molar-refractivity contribution in [3.05, 3.63) is 34.9 Å². The van der Waals surface area contributed by atoms with E-state index >= 15 is 0 Å². The topological polar surface area (TPSA) is 49.4 Å². The van der Waals surface area contributed by atoms with E-state index in [1.54, 1.807) is 0 Å². The summed E-state index contributed by atoms with van der Waals surface area (Å²) >= 11 is 5.89. The lowest BCUT2D eigenvalue weighted by atomic mass is 10.1. The summed E-state index contributed by atoms with van der Waals surface area (Å²) in [5, 5.41) is 0.636. The summed E-state index contributed by atoms with van der Waals surface area (Å²) in [4.78, 5) is 2.37. The van der Waals surface area contributed by atoms with E-state index in [9.17, 15) is 8.42 Å². The highest BCUT2D eigenvalue weighted by molar-refractivity contribution is 7.90. The highest BCUT2D eigenvalue weighted by atomic mass is 35.5. The lowest BCUT2D eigenvalue weighted by molar-refractivity contribution is 0.200. The minimum atomic E-state index is -3.05. The third kappa shape index (κ3) is 4.19.